The van der Waals surface area contributed by atoms with Gasteiger partial charge in [0.2, 0.25) is 5.91 Å². The van der Waals surface area contributed by atoms with Crippen molar-refractivity contribution in [2.24, 2.45) is 23.7 Å². The summed E-state index contributed by atoms with van der Waals surface area (Å²) in [6.45, 7) is 6.46. The van der Waals surface area contributed by atoms with Gasteiger partial charge in [0.25, 0.3) is 5.91 Å². The monoisotopic (exact) mass is 628 g/mol. The molecule has 10 nitrogen and oxygen atoms in total. The van der Waals surface area contributed by atoms with E-state index < -0.39 is 17.5 Å². The molecule has 2 heterocycles. The van der Waals surface area contributed by atoms with Gasteiger partial charge in [-0.3, -0.25) is 9.59 Å². The van der Waals surface area contributed by atoms with E-state index in [9.17, 15) is 18.8 Å². The molecule has 2 saturated carbocycles. The molecule has 2 aromatic carbocycles. The Morgan fingerprint density at radius 3 is 2.35 bits per heavy atom. The summed E-state index contributed by atoms with van der Waals surface area (Å²) in [5, 5.41) is 16.7. The van der Waals surface area contributed by atoms with E-state index in [0.29, 0.717) is 49.0 Å². The van der Waals surface area contributed by atoms with Crippen molar-refractivity contribution in [2.45, 2.75) is 83.3 Å². The second-order valence-electron chi connectivity index (χ2n) is 14.2. The van der Waals surface area contributed by atoms with Crippen LogP contribution >= 0.6 is 0 Å². The van der Waals surface area contributed by atoms with E-state index in [1.807, 2.05) is 23.1 Å². The number of rotatable bonds is 11. The molecule has 1 unspecified atom stereocenters. The fourth-order valence-corrected chi connectivity index (χ4v) is 7.65. The van der Waals surface area contributed by atoms with Crippen molar-refractivity contribution in [3.05, 3.63) is 76.4 Å². The summed E-state index contributed by atoms with van der Waals surface area (Å²) in [5.41, 5.74) is 3.73. The molecule has 0 spiro atoms. The lowest BCUT2D eigenvalue weighted by Crippen LogP contribution is -2.53. The number of carbonyl (C=O) groups is 3. The van der Waals surface area contributed by atoms with Crippen LogP contribution in [-0.2, 0) is 24.1 Å². The summed E-state index contributed by atoms with van der Waals surface area (Å²) in [5.74, 6) is 0.162. The molecule has 46 heavy (non-hydrogen) atoms. The molecular weight excluding hydrogens is 587 g/mol. The number of anilines is 1. The van der Waals surface area contributed by atoms with Crippen LogP contribution in [0.3, 0.4) is 0 Å². The maximum atomic E-state index is 14.0. The van der Waals surface area contributed by atoms with Gasteiger partial charge < -0.3 is 20.9 Å². The molecule has 0 bridgehead atoms. The molecule has 1 aliphatic heterocycles. The second-order valence-corrected chi connectivity index (χ2v) is 14.2. The van der Waals surface area contributed by atoms with E-state index in [-0.39, 0.29) is 41.3 Å². The third-order valence-electron chi connectivity index (χ3n) is 10.4. The van der Waals surface area contributed by atoms with Gasteiger partial charge in [0, 0.05) is 12.2 Å². The van der Waals surface area contributed by atoms with E-state index in [0.717, 1.165) is 42.4 Å². The van der Waals surface area contributed by atoms with Crippen molar-refractivity contribution >= 4 is 23.5 Å². The average Bonchev–Trinajstić information content (AvgIpc) is 3.93. The zero-order chi connectivity index (χ0) is 32.2. The minimum Gasteiger partial charge on any atom is -0.338 e. The lowest BCUT2D eigenvalue weighted by molar-refractivity contribution is -0.119. The number of fused-ring (bicyclic) bond motifs is 1. The third-order valence-corrected chi connectivity index (χ3v) is 10.4. The van der Waals surface area contributed by atoms with Gasteiger partial charge in [-0.15, -0.1) is 0 Å². The Labute approximate surface area is 267 Å². The zero-order valence-electron chi connectivity index (χ0n) is 26.5. The Kier molecular flexibility index (Phi) is 7.81. The number of aryl methyl sites for hydroxylation is 1. The summed E-state index contributed by atoms with van der Waals surface area (Å²) < 4.78 is 18.5. The molecular formula is C35H41FN6O4. The standard InChI is InChI=1S/C35H41FN6O4/c1-19(2)28-18-42(34(45)38-28)35(15-21-4-11-26(36)12-5-21)16-24-10-13-27(14-25(24)17-35)37-33(44)31(29(22-6-7-22)23-8-9-23)39-32(43)30-20(3)40-46-41-30/h4-5,10-14,19,22-23,28-29,31H,6-9,15-18H2,1-3H3,(H,37,44)(H,38,45)(H,39,43)/t28-,31-,35?/m0/s1. The highest BCUT2D eigenvalue weighted by Gasteiger charge is 2.50. The fraction of sp³-hybridized carbons (Fsp3) is 0.514. The zero-order valence-corrected chi connectivity index (χ0v) is 26.5. The summed E-state index contributed by atoms with van der Waals surface area (Å²) in [6, 6.07) is 11.7. The third kappa shape index (κ3) is 5.99. The van der Waals surface area contributed by atoms with Gasteiger partial charge in [-0.25, -0.2) is 13.8 Å². The van der Waals surface area contributed by atoms with Gasteiger partial charge in [-0.1, -0.05) is 37.2 Å². The minimum atomic E-state index is -0.712. The predicted molar refractivity (Wildman–Crippen MR) is 168 cm³/mol. The number of benzene rings is 2. The van der Waals surface area contributed by atoms with E-state index >= 15 is 0 Å². The molecule has 1 saturated heterocycles. The first-order valence-electron chi connectivity index (χ1n) is 16.5. The summed E-state index contributed by atoms with van der Waals surface area (Å²) in [7, 11) is 0. The van der Waals surface area contributed by atoms with Crippen LogP contribution in [0, 0.1) is 36.4 Å². The summed E-state index contributed by atoms with van der Waals surface area (Å²) >= 11 is 0. The Hall–Kier alpha value is -4.28. The molecule has 4 aliphatic rings. The maximum Gasteiger partial charge on any atom is 0.318 e. The number of hydrogen-bond donors (Lipinski definition) is 3. The highest BCUT2D eigenvalue weighted by Crippen LogP contribution is 2.51. The van der Waals surface area contributed by atoms with Crippen molar-refractivity contribution in [1.82, 2.24) is 25.8 Å². The van der Waals surface area contributed by atoms with Crippen molar-refractivity contribution in [3.63, 3.8) is 0 Å². The fourth-order valence-electron chi connectivity index (χ4n) is 7.65. The normalized spacial score (nSPS) is 23.0. The molecule has 4 amide bonds. The van der Waals surface area contributed by atoms with E-state index in [1.165, 1.54) is 12.1 Å². The Bertz CT molecular complexity index is 1640. The summed E-state index contributed by atoms with van der Waals surface area (Å²) in [6.07, 6.45) is 6.07. The van der Waals surface area contributed by atoms with Crippen LogP contribution in [-0.4, -0.2) is 57.2 Å². The first-order valence-corrected chi connectivity index (χ1v) is 16.5. The van der Waals surface area contributed by atoms with Gasteiger partial charge in [-0.05, 0) is 122 Å². The molecule has 3 fully saturated rings. The Balaban J connectivity index is 1.14. The summed E-state index contributed by atoms with van der Waals surface area (Å²) in [4.78, 5) is 42.5. The van der Waals surface area contributed by atoms with E-state index in [4.69, 9.17) is 4.63 Å². The highest BCUT2D eigenvalue weighted by atomic mass is 19.1. The Morgan fingerprint density at radius 2 is 1.74 bits per heavy atom. The van der Waals surface area contributed by atoms with Crippen molar-refractivity contribution in [1.29, 1.82) is 0 Å². The topological polar surface area (TPSA) is 129 Å². The number of halogens is 1. The SMILES string of the molecule is Cc1nonc1C(=O)N[C@H](C(=O)Nc1ccc2c(c1)CC(Cc1ccc(F)cc1)(N1C[C@@H](C(C)C)NC1=O)C2)C(C1CC1)C1CC1. The number of aromatic nitrogens is 2. The van der Waals surface area contributed by atoms with Crippen LogP contribution < -0.4 is 16.0 Å². The minimum absolute atomic E-state index is 0.0472. The highest BCUT2D eigenvalue weighted by molar-refractivity contribution is 6.01. The van der Waals surface area contributed by atoms with Crippen molar-refractivity contribution < 1.29 is 23.4 Å². The largest absolute Gasteiger partial charge is 0.338 e. The van der Waals surface area contributed by atoms with Gasteiger partial charge >= 0.3 is 6.03 Å². The van der Waals surface area contributed by atoms with Crippen LogP contribution in [0.1, 0.15) is 72.4 Å². The first-order chi connectivity index (χ1) is 22.1. The quantitative estimate of drug-likeness (QED) is 0.279. The molecule has 3 aliphatic carbocycles. The van der Waals surface area contributed by atoms with Gasteiger partial charge in [0.1, 0.15) is 17.6 Å². The lowest BCUT2D eigenvalue weighted by Gasteiger charge is -2.38. The number of carbonyl (C=O) groups excluding carboxylic acids is 3. The smallest absolute Gasteiger partial charge is 0.318 e. The Morgan fingerprint density at radius 1 is 1.04 bits per heavy atom. The molecule has 242 valence electrons. The van der Waals surface area contributed by atoms with Crippen molar-refractivity contribution in [2.75, 3.05) is 11.9 Å². The first kappa shape index (κ1) is 30.4. The van der Waals surface area contributed by atoms with E-state index in [1.54, 1.807) is 19.1 Å². The molecule has 0 radical (unpaired) electrons. The van der Waals surface area contributed by atoms with Crippen LogP contribution in [0.2, 0.25) is 0 Å². The molecule has 1 aromatic heterocycles. The molecule has 7 rings (SSSR count). The predicted octanol–water partition coefficient (Wildman–Crippen LogP) is 4.82. The van der Waals surface area contributed by atoms with Crippen LogP contribution in [0.15, 0.2) is 47.1 Å². The second kappa shape index (κ2) is 11.8. The van der Waals surface area contributed by atoms with E-state index in [2.05, 4.69) is 40.1 Å². The maximum absolute atomic E-state index is 14.0. The van der Waals surface area contributed by atoms with Crippen molar-refractivity contribution in [3.8, 4) is 0 Å². The van der Waals surface area contributed by atoms with Crippen LogP contribution in [0.4, 0.5) is 14.9 Å². The number of hydrogen-bond acceptors (Lipinski definition) is 6. The molecule has 3 aromatic rings. The van der Waals surface area contributed by atoms with Crippen LogP contribution in [0.25, 0.3) is 0 Å². The van der Waals surface area contributed by atoms with Gasteiger partial charge in [-0.2, -0.15) is 0 Å². The lowest BCUT2D eigenvalue weighted by atomic mass is 9.85. The number of nitrogens with zero attached hydrogens (tertiary/aromatic N) is 3. The van der Waals surface area contributed by atoms with Gasteiger partial charge in [0.05, 0.1) is 11.6 Å². The average molecular weight is 629 g/mol. The molecule has 3 atom stereocenters. The van der Waals surface area contributed by atoms with Gasteiger partial charge in [0.15, 0.2) is 5.69 Å². The molecule has 3 N–H and O–H groups in total. The molecule has 11 heteroatoms. The number of urea groups is 1. The van der Waals surface area contributed by atoms with Crippen LogP contribution in [0.5, 0.6) is 0 Å². The number of nitrogens with one attached hydrogen (secondary N) is 3. The number of amides is 4.